The van der Waals surface area contributed by atoms with Gasteiger partial charge in [0.2, 0.25) is 5.88 Å². The molecule has 8 heteroatoms. The number of carbonyl (C=O) groups excluding carboxylic acids is 1. The second-order valence-electron chi connectivity index (χ2n) is 7.64. The second-order valence-corrected chi connectivity index (χ2v) is 7.64. The van der Waals surface area contributed by atoms with Gasteiger partial charge in [-0.1, -0.05) is 12.1 Å². The van der Waals surface area contributed by atoms with E-state index in [0.29, 0.717) is 0 Å². The fraction of sp³-hybridized carbons (Fsp3) is 0.455. The third-order valence-corrected chi connectivity index (χ3v) is 5.11. The molecule has 1 saturated heterocycles. The van der Waals surface area contributed by atoms with Crippen LogP contribution in [0.25, 0.3) is 21.8 Å². The van der Waals surface area contributed by atoms with Crippen molar-refractivity contribution in [3.63, 3.8) is 0 Å². The van der Waals surface area contributed by atoms with Crippen LogP contribution in [-0.2, 0) is 27.4 Å². The van der Waals surface area contributed by atoms with Gasteiger partial charge in [-0.05, 0) is 25.5 Å². The molecule has 0 unspecified atom stereocenters. The first-order chi connectivity index (χ1) is 14.6. The summed E-state index contributed by atoms with van der Waals surface area (Å²) in [6.07, 6.45) is 0.633. The first kappa shape index (κ1) is 20.6. The summed E-state index contributed by atoms with van der Waals surface area (Å²) in [6, 6.07) is 6.23. The summed E-state index contributed by atoms with van der Waals surface area (Å²) in [7, 11) is 1.61. The zero-order valence-electron chi connectivity index (χ0n) is 17.6. The fourth-order valence-electron chi connectivity index (χ4n) is 3.85. The number of benzene rings is 1. The average Bonchev–Trinajstić information content (AvgIpc) is 3.10. The van der Waals surface area contributed by atoms with Gasteiger partial charge in [-0.25, -0.2) is 9.78 Å². The molecular weight excluding hydrogens is 386 g/mol. The third-order valence-electron chi connectivity index (χ3n) is 5.11. The van der Waals surface area contributed by atoms with Crippen molar-refractivity contribution in [3.8, 4) is 5.88 Å². The lowest BCUT2D eigenvalue weighted by Crippen LogP contribution is -2.35. The maximum atomic E-state index is 12.1. The summed E-state index contributed by atoms with van der Waals surface area (Å²) >= 11 is 0. The van der Waals surface area contributed by atoms with E-state index in [2.05, 4.69) is 20.9 Å². The highest BCUT2D eigenvalue weighted by molar-refractivity contribution is 6.11. The number of hydrogen-bond donors (Lipinski definition) is 1. The molecule has 0 atom stereocenters. The molecule has 0 aliphatic carbocycles. The van der Waals surface area contributed by atoms with Crippen LogP contribution in [0.15, 0.2) is 24.4 Å². The van der Waals surface area contributed by atoms with E-state index in [1.165, 1.54) is 5.56 Å². The minimum absolute atomic E-state index is 0.206. The van der Waals surface area contributed by atoms with E-state index in [4.69, 9.17) is 18.9 Å². The van der Waals surface area contributed by atoms with Gasteiger partial charge in [0.05, 0.1) is 43.2 Å². The van der Waals surface area contributed by atoms with Crippen molar-refractivity contribution < 1.29 is 23.7 Å². The first-order valence-electron chi connectivity index (χ1n) is 10.2. The Kier molecular flexibility index (Phi) is 6.17. The molecule has 1 aliphatic rings. The van der Waals surface area contributed by atoms with Crippen molar-refractivity contribution in [1.82, 2.24) is 14.9 Å². The third kappa shape index (κ3) is 4.26. The molecule has 8 nitrogen and oxygen atoms in total. The molecule has 0 amide bonds. The summed E-state index contributed by atoms with van der Waals surface area (Å²) in [4.78, 5) is 22.3. The Morgan fingerprint density at radius 1 is 1.23 bits per heavy atom. The van der Waals surface area contributed by atoms with E-state index in [1.807, 2.05) is 12.1 Å². The van der Waals surface area contributed by atoms with Crippen LogP contribution in [0.5, 0.6) is 5.88 Å². The van der Waals surface area contributed by atoms with E-state index in [9.17, 15) is 4.79 Å². The lowest BCUT2D eigenvalue weighted by Gasteiger charge is -2.27. The van der Waals surface area contributed by atoms with Gasteiger partial charge in [0.1, 0.15) is 0 Å². The van der Waals surface area contributed by atoms with Crippen LogP contribution >= 0.6 is 0 Å². The Morgan fingerprint density at radius 2 is 2.03 bits per heavy atom. The standard InChI is InChI=1S/C22H27N3O5/c1-14(2)29-22(26)30-21-16(13-27-3)20-18(11-23-21)24-17-6-4-5-15(19(17)20)12-25-7-9-28-10-8-25/h4-6,11,14,24H,7-10,12-13H2,1-3H3. The highest BCUT2D eigenvalue weighted by Crippen LogP contribution is 2.35. The smallest absolute Gasteiger partial charge is 0.431 e. The van der Waals surface area contributed by atoms with E-state index >= 15 is 0 Å². The van der Waals surface area contributed by atoms with Crippen molar-refractivity contribution in [2.75, 3.05) is 33.4 Å². The molecule has 1 fully saturated rings. The molecule has 4 rings (SSSR count). The van der Waals surface area contributed by atoms with Crippen LogP contribution in [-0.4, -0.2) is 60.5 Å². The van der Waals surface area contributed by atoms with E-state index in [1.54, 1.807) is 27.2 Å². The molecule has 0 spiro atoms. The van der Waals surface area contributed by atoms with Gasteiger partial charge in [0, 0.05) is 43.0 Å². The van der Waals surface area contributed by atoms with Crippen LogP contribution in [0.4, 0.5) is 4.79 Å². The van der Waals surface area contributed by atoms with Gasteiger partial charge in [0.15, 0.2) is 0 Å². The number of aromatic nitrogens is 2. The number of methoxy groups -OCH3 is 1. The summed E-state index contributed by atoms with van der Waals surface area (Å²) in [6.45, 7) is 7.91. The summed E-state index contributed by atoms with van der Waals surface area (Å²) in [5.41, 5.74) is 3.80. The van der Waals surface area contributed by atoms with E-state index in [-0.39, 0.29) is 18.6 Å². The maximum absolute atomic E-state index is 12.1. The molecule has 2 aromatic heterocycles. The summed E-state index contributed by atoms with van der Waals surface area (Å²) < 4.78 is 21.5. The van der Waals surface area contributed by atoms with Crippen LogP contribution in [0.3, 0.4) is 0 Å². The number of fused-ring (bicyclic) bond motifs is 3. The van der Waals surface area contributed by atoms with Crippen molar-refractivity contribution in [2.24, 2.45) is 0 Å². The number of H-pyrrole nitrogens is 1. The minimum Gasteiger partial charge on any atom is -0.431 e. The minimum atomic E-state index is -0.775. The number of hydrogen-bond acceptors (Lipinski definition) is 7. The largest absolute Gasteiger partial charge is 0.515 e. The Balaban J connectivity index is 1.81. The lowest BCUT2D eigenvalue weighted by molar-refractivity contribution is 0.0344. The Labute approximate surface area is 175 Å². The molecule has 160 valence electrons. The second kappa shape index (κ2) is 8.99. The van der Waals surface area contributed by atoms with Gasteiger partial charge in [-0.15, -0.1) is 0 Å². The van der Waals surface area contributed by atoms with Gasteiger partial charge in [-0.2, -0.15) is 0 Å². The molecule has 0 bridgehead atoms. The SMILES string of the molecule is COCc1c(OC(=O)OC(C)C)ncc2[nH]c3cccc(CN4CCOCC4)c3c12. The molecule has 1 N–H and O–H groups in total. The van der Waals surface area contributed by atoms with Crippen LogP contribution in [0.2, 0.25) is 0 Å². The van der Waals surface area contributed by atoms with Gasteiger partial charge < -0.3 is 23.9 Å². The van der Waals surface area contributed by atoms with Gasteiger partial charge in [-0.3, -0.25) is 4.90 Å². The Bertz CT molecular complexity index is 1040. The first-order valence-corrected chi connectivity index (χ1v) is 10.2. The summed E-state index contributed by atoms with van der Waals surface area (Å²) in [5, 5.41) is 2.05. The molecule has 3 heterocycles. The van der Waals surface area contributed by atoms with Crippen molar-refractivity contribution in [3.05, 3.63) is 35.5 Å². The van der Waals surface area contributed by atoms with Crippen molar-refractivity contribution >= 4 is 28.0 Å². The highest BCUT2D eigenvalue weighted by Gasteiger charge is 2.21. The normalized spacial score (nSPS) is 15.2. The molecule has 0 radical (unpaired) electrons. The zero-order chi connectivity index (χ0) is 21.1. The quantitative estimate of drug-likeness (QED) is 0.618. The molecule has 0 saturated carbocycles. The monoisotopic (exact) mass is 413 g/mol. The van der Waals surface area contributed by atoms with Crippen molar-refractivity contribution in [2.45, 2.75) is 33.1 Å². The predicted molar refractivity (Wildman–Crippen MR) is 113 cm³/mol. The topological polar surface area (TPSA) is 85.9 Å². The van der Waals surface area contributed by atoms with Gasteiger partial charge in [0.25, 0.3) is 0 Å². The number of aromatic amines is 1. The zero-order valence-corrected chi connectivity index (χ0v) is 17.6. The lowest BCUT2D eigenvalue weighted by atomic mass is 10.0. The van der Waals surface area contributed by atoms with Gasteiger partial charge >= 0.3 is 6.16 Å². The number of morpholine rings is 1. The van der Waals surface area contributed by atoms with Crippen LogP contribution in [0.1, 0.15) is 25.0 Å². The summed E-state index contributed by atoms with van der Waals surface area (Å²) in [5.74, 6) is 0.206. The van der Waals surface area contributed by atoms with E-state index in [0.717, 1.165) is 60.2 Å². The van der Waals surface area contributed by atoms with Crippen molar-refractivity contribution in [1.29, 1.82) is 0 Å². The molecule has 1 aromatic carbocycles. The Morgan fingerprint density at radius 3 is 2.77 bits per heavy atom. The highest BCUT2D eigenvalue weighted by atomic mass is 16.7. The number of pyridine rings is 1. The number of ether oxygens (including phenoxy) is 4. The molecule has 3 aromatic rings. The molecule has 1 aliphatic heterocycles. The molecular formula is C22H27N3O5. The molecule has 30 heavy (non-hydrogen) atoms. The number of rotatable bonds is 6. The Hall–Kier alpha value is -2.68. The van der Waals surface area contributed by atoms with Crippen LogP contribution in [0, 0.1) is 0 Å². The fourth-order valence-corrected chi connectivity index (χ4v) is 3.85. The predicted octanol–water partition coefficient (Wildman–Crippen LogP) is 3.62. The average molecular weight is 413 g/mol. The number of nitrogens with zero attached hydrogens (tertiary/aromatic N) is 2. The number of nitrogens with one attached hydrogen (secondary N) is 1. The van der Waals surface area contributed by atoms with Crippen LogP contribution < -0.4 is 4.74 Å². The number of carbonyl (C=O) groups is 1. The van der Waals surface area contributed by atoms with E-state index < -0.39 is 6.16 Å². The maximum Gasteiger partial charge on any atom is 0.515 e.